The van der Waals surface area contributed by atoms with E-state index in [0.717, 1.165) is 17.9 Å². The van der Waals surface area contributed by atoms with Crippen LogP contribution in [0.1, 0.15) is 18.4 Å². The molecule has 0 spiro atoms. The molecule has 96 valence electrons. The largest absolute Gasteiger partial charge is 0.367 e. The van der Waals surface area contributed by atoms with Gasteiger partial charge in [-0.15, -0.1) is 11.3 Å². The number of hydrogen-bond acceptors (Lipinski definition) is 5. The molecule has 0 aromatic carbocycles. The van der Waals surface area contributed by atoms with E-state index in [1.54, 1.807) is 17.7 Å². The molecule has 3 heterocycles. The van der Waals surface area contributed by atoms with Gasteiger partial charge in [0.1, 0.15) is 12.1 Å². The molecule has 0 saturated carbocycles. The minimum atomic E-state index is 0.635. The second-order valence-corrected chi connectivity index (χ2v) is 5.86. The Morgan fingerprint density at radius 1 is 1.50 bits per heavy atom. The minimum absolute atomic E-state index is 0.635. The fraction of sp³-hybridized carbons (Fsp3) is 0.538. The molecule has 0 amide bonds. The number of thiophene rings is 1. The summed E-state index contributed by atoms with van der Waals surface area (Å²) in [4.78, 5) is 11.1. The zero-order chi connectivity index (χ0) is 12.5. The summed E-state index contributed by atoms with van der Waals surface area (Å²) in [5, 5.41) is 5.64. The standard InChI is InChI=1S/C13H18N4S/c1-9-7-18-12-11(9)15-8-16-13(12)14-6-10-4-3-5-17(10)2/h7-8,10H,3-6H2,1-2H3,(H,14,15,16). The summed E-state index contributed by atoms with van der Waals surface area (Å²) in [5.41, 5.74) is 2.32. The van der Waals surface area contributed by atoms with Crippen LogP contribution in [0.3, 0.4) is 0 Å². The van der Waals surface area contributed by atoms with Crippen LogP contribution in [-0.4, -0.2) is 41.0 Å². The van der Waals surface area contributed by atoms with E-state index in [1.165, 1.54) is 29.6 Å². The Kier molecular flexibility index (Phi) is 3.18. The van der Waals surface area contributed by atoms with E-state index in [1.807, 2.05) is 0 Å². The molecule has 2 aromatic heterocycles. The van der Waals surface area contributed by atoms with Crippen LogP contribution in [0.15, 0.2) is 11.7 Å². The van der Waals surface area contributed by atoms with Crippen LogP contribution >= 0.6 is 11.3 Å². The molecule has 3 rings (SSSR count). The number of hydrogen-bond donors (Lipinski definition) is 1. The number of aryl methyl sites for hydroxylation is 1. The number of anilines is 1. The smallest absolute Gasteiger partial charge is 0.147 e. The molecule has 0 bridgehead atoms. The fourth-order valence-corrected chi connectivity index (χ4v) is 3.52. The first-order valence-electron chi connectivity index (χ1n) is 6.38. The second kappa shape index (κ2) is 4.82. The van der Waals surface area contributed by atoms with Crippen LogP contribution in [0.25, 0.3) is 10.2 Å². The van der Waals surface area contributed by atoms with Gasteiger partial charge in [0.15, 0.2) is 0 Å². The molecule has 18 heavy (non-hydrogen) atoms. The zero-order valence-electron chi connectivity index (χ0n) is 10.8. The summed E-state index contributed by atoms with van der Waals surface area (Å²) in [6.45, 7) is 4.28. The SMILES string of the molecule is Cc1csc2c(NCC3CCCN3C)ncnc12. The van der Waals surface area contributed by atoms with E-state index in [9.17, 15) is 0 Å². The maximum Gasteiger partial charge on any atom is 0.147 e. The van der Waals surface area contributed by atoms with Gasteiger partial charge in [0.05, 0.1) is 10.2 Å². The van der Waals surface area contributed by atoms with Crippen molar-refractivity contribution < 1.29 is 0 Å². The van der Waals surface area contributed by atoms with Crippen molar-refractivity contribution in [2.75, 3.05) is 25.5 Å². The maximum atomic E-state index is 4.38. The van der Waals surface area contributed by atoms with E-state index in [2.05, 4.69) is 39.5 Å². The fourth-order valence-electron chi connectivity index (χ4n) is 2.55. The molecular formula is C13H18N4S. The molecule has 0 radical (unpaired) electrons. The lowest BCUT2D eigenvalue weighted by Crippen LogP contribution is -2.31. The molecule has 1 N–H and O–H groups in total. The van der Waals surface area contributed by atoms with Crippen molar-refractivity contribution in [2.45, 2.75) is 25.8 Å². The second-order valence-electron chi connectivity index (χ2n) is 4.98. The quantitative estimate of drug-likeness (QED) is 0.922. The first kappa shape index (κ1) is 11.9. The average Bonchev–Trinajstić information content (AvgIpc) is 2.95. The summed E-state index contributed by atoms with van der Waals surface area (Å²) in [6.07, 6.45) is 4.24. The van der Waals surface area contributed by atoms with Crippen LogP contribution in [-0.2, 0) is 0 Å². The molecule has 1 aliphatic rings. The number of nitrogens with one attached hydrogen (secondary N) is 1. The summed E-state index contributed by atoms with van der Waals surface area (Å²) < 4.78 is 1.18. The predicted octanol–water partition coefficient (Wildman–Crippen LogP) is 2.51. The van der Waals surface area contributed by atoms with Crippen molar-refractivity contribution in [3.8, 4) is 0 Å². The van der Waals surface area contributed by atoms with Gasteiger partial charge in [-0.25, -0.2) is 9.97 Å². The van der Waals surface area contributed by atoms with Crippen molar-refractivity contribution in [3.63, 3.8) is 0 Å². The summed E-state index contributed by atoms with van der Waals surface area (Å²) >= 11 is 1.72. The summed E-state index contributed by atoms with van der Waals surface area (Å²) in [7, 11) is 2.20. The number of fused-ring (bicyclic) bond motifs is 1. The summed E-state index contributed by atoms with van der Waals surface area (Å²) in [5.74, 6) is 0.985. The monoisotopic (exact) mass is 262 g/mol. The van der Waals surface area contributed by atoms with Crippen LogP contribution in [0.2, 0.25) is 0 Å². The Morgan fingerprint density at radius 2 is 2.39 bits per heavy atom. The number of likely N-dealkylation sites (N-methyl/N-ethyl adjacent to an activating group) is 1. The highest BCUT2D eigenvalue weighted by Gasteiger charge is 2.20. The minimum Gasteiger partial charge on any atom is -0.367 e. The van der Waals surface area contributed by atoms with Gasteiger partial charge in [0.2, 0.25) is 0 Å². The molecule has 4 nitrogen and oxygen atoms in total. The maximum absolute atomic E-state index is 4.38. The van der Waals surface area contributed by atoms with E-state index < -0.39 is 0 Å². The van der Waals surface area contributed by atoms with E-state index in [0.29, 0.717) is 6.04 Å². The van der Waals surface area contributed by atoms with E-state index >= 15 is 0 Å². The lowest BCUT2D eigenvalue weighted by molar-refractivity contribution is 0.322. The van der Waals surface area contributed by atoms with E-state index in [4.69, 9.17) is 0 Å². The molecule has 5 heteroatoms. The first-order chi connectivity index (χ1) is 8.75. The normalized spacial score (nSPS) is 20.7. The Hall–Kier alpha value is -1.20. The van der Waals surface area contributed by atoms with Crippen molar-refractivity contribution >= 4 is 27.4 Å². The Bertz CT molecular complexity index is 551. The Labute approximate surface area is 111 Å². The number of rotatable bonds is 3. The lowest BCUT2D eigenvalue weighted by atomic mass is 10.2. The third kappa shape index (κ3) is 2.08. The molecule has 2 aromatic rings. The van der Waals surface area contributed by atoms with Gasteiger partial charge in [-0.3, -0.25) is 0 Å². The van der Waals surface area contributed by atoms with Gasteiger partial charge in [0, 0.05) is 12.6 Å². The van der Waals surface area contributed by atoms with Gasteiger partial charge >= 0.3 is 0 Å². The zero-order valence-corrected chi connectivity index (χ0v) is 11.6. The van der Waals surface area contributed by atoms with Crippen LogP contribution in [0.4, 0.5) is 5.82 Å². The van der Waals surface area contributed by atoms with Crippen LogP contribution in [0.5, 0.6) is 0 Å². The van der Waals surface area contributed by atoms with Gasteiger partial charge in [-0.05, 0) is 44.3 Å². The topological polar surface area (TPSA) is 41.0 Å². The van der Waals surface area contributed by atoms with Crippen LogP contribution in [0, 0.1) is 6.92 Å². The number of nitrogens with zero attached hydrogens (tertiary/aromatic N) is 3. The van der Waals surface area contributed by atoms with Gasteiger partial charge < -0.3 is 10.2 Å². The van der Waals surface area contributed by atoms with Gasteiger partial charge in [0.25, 0.3) is 0 Å². The molecule has 1 aliphatic heterocycles. The summed E-state index contributed by atoms with van der Waals surface area (Å²) in [6, 6.07) is 0.635. The highest BCUT2D eigenvalue weighted by Crippen LogP contribution is 2.28. The first-order valence-corrected chi connectivity index (χ1v) is 7.26. The number of aromatic nitrogens is 2. The van der Waals surface area contributed by atoms with Crippen molar-refractivity contribution in [3.05, 3.63) is 17.3 Å². The van der Waals surface area contributed by atoms with E-state index in [-0.39, 0.29) is 0 Å². The van der Waals surface area contributed by atoms with Gasteiger partial charge in [-0.2, -0.15) is 0 Å². The van der Waals surface area contributed by atoms with Crippen molar-refractivity contribution in [2.24, 2.45) is 0 Å². The molecule has 0 aliphatic carbocycles. The third-order valence-corrected chi connectivity index (χ3v) is 4.80. The van der Waals surface area contributed by atoms with Crippen molar-refractivity contribution in [1.82, 2.24) is 14.9 Å². The molecule has 1 saturated heterocycles. The van der Waals surface area contributed by atoms with Gasteiger partial charge in [-0.1, -0.05) is 0 Å². The molecule has 1 fully saturated rings. The lowest BCUT2D eigenvalue weighted by Gasteiger charge is -2.20. The van der Waals surface area contributed by atoms with Crippen LogP contribution < -0.4 is 5.32 Å². The average molecular weight is 262 g/mol. The molecule has 1 atom stereocenters. The highest BCUT2D eigenvalue weighted by atomic mass is 32.1. The molecule has 1 unspecified atom stereocenters. The Morgan fingerprint density at radius 3 is 3.17 bits per heavy atom. The number of likely N-dealkylation sites (tertiary alicyclic amines) is 1. The van der Waals surface area contributed by atoms with Crippen molar-refractivity contribution in [1.29, 1.82) is 0 Å². The third-order valence-electron chi connectivity index (χ3n) is 3.71. The highest BCUT2D eigenvalue weighted by molar-refractivity contribution is 7.18. The Balaban J connectivity index is 1.78. The predicted molar refractivity (Wildman–Crippen MR) is 76.3 cm³/mol. The molecular weight excluding hydrogens is 244 g/mol.